The molecule has 4 nitrogen and oxygen atoms in total. The van der Waals surface area contributed by atoms with Crippen LogP contribution in [0.5, 0.6) is 5.75 Å². The van der Waals surface area contributed by atoms with Gasteiger partial charge in [-0.1, -0.05) is 30.3 Å². The number of hydrogen-bond donors (Lipinski definition) is 1. The standard InChI is InChI=1S/C17H21NO3/c1-4-21-17(19)12(2)18-11-13-9-10-16(20-3)15-8-6-5-7-14(13)15/h5-10,12,18H,4,11H2,1-3H3. The molecule has 0 amide bonds. The largest absolute Gasteiger partial charge is 0.496 e. The Kier molecular flexibility index (Phi) is 5.17. The average Bonchev–Trinajstić information content (AvgIpc) is 2.52. The fourth-order valence-corrected chi connectivity index (χ4v) is 2.28. The molecule has 2 rings (SSSR count). The van der Waals surface area contributed by atoms with Crippen molar-refractivity contribution in [2.24, 2.45) is 0 Å². The lowest BCUT2D eigenvalue weighted by Gasteiger charge is -2.15. The Hall–Kier alpha value is -2.07. The number of carbonyl (C=O) groups excluding carboxylic acids is 1. The normalized spacial score (nSPS) is 12.1. The molecular weight excluding hydrogens is 266 g/mol. The van der Waals surface area contributed by atoms with E-state index in [1.807, 2.05) is 44.2 Å². The van der Waals surface area contributed by atoms with Gasteiger partial charge in [-0.05, 0) is 30.9 Å². The minimum absolute atomic E-state index is 0.227. The summed E-state index contributed by atoms with van der Waals surface area (Å²) in [5, 5.41) is 5.40. The molecule has 1 unspecified atom stereocenters. The maximum Gasteiger partial charge on any atom is 0.322 e. The number of ether oxygens (including phenoxy) is 2. The fraction of sp³-hybridized carbons (Fsp3) is 0.353. The monoisotopic (exact) mass is 287 g/mol. The molecule has 0 aliphatic heterocycles. The zero-order valence-electron chi connectivity index (χ0n) is 12.7. The van der Waals surface area contributed by atoms with Crippen molar-refractivity contribution in [3.05, 3.63) is 42.0 Å². The van der Waals surface area contributed by atoms with Crippen molar-refractivity contribution < 1.29 is 14.3 Å². The Labute approximate surface area is 125 Å². The lowest BCUT2D eigenvalue weighted by atomic mass is 10.0. The van der Waals surface area contributed by atoms with Crippen LogP contribution in [0.3, 0.4) is 0 Å². The first-order valence-electron chi connectivity index (χ1n) is 7.12. The molecule has 2 aromatic rings. The Morgan fingerprint density at radius 2 is 1.90 bits per heavy atom. The van der Waals surface area contributed by atoms with Gasteiger partial charge in [-0.3, -0.25) is 4.79 Å². The molecule has 1 N–H and O–H groups in total. The van der Waals surface area contributed by atoms with Crippen molar-refractivity contribution in [3.63, 3.8) is 0 Å². The van der Waals surface area contributed by atoms with E-state index in [1.165, 1.54) is 0 Å². The lowest BCUT2D eigenvalue weighted by Crippen LogP contribution is -2.34. The van der Waals surface area contributed by atoms with Gasteiger partial charge in [-0.2, -0.15) is 0 Å². The molecule has 1 atom stereocenters. The summed E-state index contributed by atoms with van der Waals surface area (Å²) in [4.78, 5) is 11.6. The van der Waals surface area contributed by atoms with Gasteiger partial charge in [0.15, 0.2) is 0 Å². The summed E-state index contributed by atoms with van der Waals surface area (Å²) in [6.07, 6.45) is 0. The van der Waals surface area contributed by atoms with Gasteiger partial charge in [0.1, 0.15) is 11.8 Å². The molecule has 0 fully saturated rings. The third kappa shape index (κ3) is 3.52. The van der Waals surface area contributed by atoms with E-state index in [0.29, 0.717) is 13.2 Å². The van der Waals surface area contributed by atoms with E-state index in [0.717, 1.165) is 22.1 Å². The number of benzene rings is 2. The third-order valence-electron chi connectivity index (χ3n) is 3.43. The Bertz CT molecular complexity index is 624. The predicted molar refractivity (Wildman–Crippen MR) is 83.4 cm³/mol. The fourth-order valence-electron chi connectivity index (χ4n) is 2.28. The first-order valence-corrected chi connectivity index (χ1v) is 7.12. The van der Waals surface area contributed by atoms with Crippen molar-refractivity contribution in [2.75, 3.05) is 13.7 Å². The van der Waals surface area contributed by atoms with Crippen molar-refractivity contribution >= 4 is 16.7 Å². The summed E-state index contributed by atoms with van der Waals surface area (Å²) in [7, 11) is 1.67. The number of rotatable bonds is 6. The van der Waals surface area contributed by atoms with Crippen LogP contribution < -0.4 is 10.1 Å². The second-order valence-corrected chi connectivity index (χ2v) is 4.83. The van der Waals surface area contributed by atoms with Crippen molar-refractivity contribution in [3.8, 4) is 5.75 Å². The predicted octanol–water partition coefficient (Wildman–Crippen LogP) is 2.89. The molecule has 0 aromatic heterocycles. The van der Waals surface area contributed by atoms with Crippen LogP contribution in [0.4, 0.5) is 0 Å². The summed E-state index contributed by atoms with van der Waals surface area (Å²) >= 11 is 0. The van der Waals surface area contributed by atoms with Crippen LogP contribution in [0.25, 0.3) is 10.8 Å². The Morgan fingerprint density at radius 1 is 1.19 bits per heavy atom. The highest BCUT2D eigenvalue weighted by Crippen LogP contribution is 2.28. The molecule has 0 radical (unpaired) electrons. The first-order chi connectivity index (χ1) is 10.2. The van der Waals surface area contributed by atoms with E-state index in [1.54, 1.807) is 7.11 Å². The molecule has 0 aliphatic rings. The Morgan fingerprint density at radius 3 is 2.57 bits per heavy atom. The summed E-state index contributed by atoms with van der Waals surface area (Å²) in [6.45, 7) is 4.62. The third-order valence-corrected chi connectivity index (χ3v) is 3.43. The smallest absolute Gasteiger partial charge is 0.322 e. The molecule has 0 aliphatic carbocycles. The summed E-state index contributed by atoms with van der Waals surface area (Å²) in [6, 6.07) is 11.7. The van der Waals surface area contributed by atoms with E-state index in [-0.39, 0.29) is 12.0 Å². The second kappa shape index (κ2) is 7.09. The SMILES string of the molecule is CCOC(=O)C(C)NCc1ccc(OC)c2ccccc12. The zero-order valence-corrected chi connectivity index (χ0v) is 12.7. The topological polar surface area (TPSA) is 47.6 Å². The van der Waals surface area contributed by atoms with Gasteiger partial charge in [0, 0.05) is 11.9 Å². The van der Waals surface area contributed by atoms with E-state index in [9.17, 15) is 4.79 Å². The molecule has 0 heterocycles. The molecule has 2 aromatic carbocycles. The highest BCUT2D eigenvalue weighted by Gasteiger charge is 2.14. The van der Waals surface area contributed by atoms with Crippen LogP contribution in [0, 0.1) is 0 Å². The first kappa shape index (κ1) is 15.3. The van der Waals surface area contributed by atoms with Crippen molar-refractivity contribution in [1.82, 2.24) is 5.32 Å². The van der Waals surface area contributed by atoms with Gasteiger partial charge >= 0.3 is 5.97 Å². The van der Waals surface area contributed by atoms with Crippen molar-refractivity contribution in [1.29, 1.82) is 0 Å². The quantitative estimate of drug-likeness (QED) is 0.830. The molecule has 112 valence electrons. The van der Waals surface area contributed by atoms with Gasteiger partial charge in [-0.25, -0.2) is 0 Å². The van der Waals surface area contributed by atoms with Gasteiger partial charge in [0.2, 0.25) is 0 Å². The van der Waals surface area contributed by atoms with Crippen LogP contribution in [0.15, 0.2) is 36.4 Å². The van der Waals surface area contributed by atoms with Gasteiger partial charge in [0.25, 0.3) is 0 Å². The molecule has 0 bridgehead atoms. The van der Waals surface area contributed by atoms with Crippen molar-refractivity contribution in [2.45, 2.75) is 26.4 Å². The van der Waals surface area contributed by atoms with E-state index in [2.05, 4.69) is 11.4 Å². The number of fused-ring (bicyclic) bond motifs is 1. The highest BCUT2D eigenvalue weighted by molar-refractivity contribution is 5.91. The van der Waals surface area contributed by atoms with E-state index < -0.39 is 0 Å². The molecular formula is C17H21NO3. The summed E-state index contributed by atoms with van der Waals surface area (Å²) in [5.41, 5.74) is 1.13. The Balaban J connectivity index is 2.18. The molecule has 4 heteroatoms. The summed E-state index contributed by atoms with van der Waals surface area (Å²) in [5.74, 6) is 0.628. The van der Waals surface area contributed by atoms with E-state index in [4.69, 9.17) is 9.47 Å². The summed E-state index contributed by atoms with van der Waals surface area (Å²) < 4.78 is 10.4. The molecule has 21 heavy (non-hydrogen) atoms. The average molecular weight is 287 g/mol. The van der Waals surface area contributed by atoms with Gasteiger partial charge in [0.05, 0.1) is 13.7 Å². The second-order valence-electron chi connectivity index (χ2n) is 4.83. The number of hydrogen-bond acceptors (Lipinski definition) is 4. The maximum atomic E-state index is 11.6. The van der Waals surface area contributed by atoms with Crippen LogP contribution in [0.2, 0.25) is 0 Å². The van der Waals surface area contributed by atoms with Gasteiger partial charge < -0.3 is 14.8 Å². The lowest BCUT2D eigenvalue weighted by molar-refractivity contribution is -0.145. The maximum absolute atomic E-state index is 11.6. The highest BCUT2D eigenvalue weighted by atomic mass is 16.5. The molecule has 0 spiro atoms. The van der Waals surface area contributed by atoms with Crippen LogP contribution in [-0.2, 0) is 16.1 Å². The number of esters is 1. The van der Waals surface area contributed by atoms with Crippen LogP contribution in [-0.4, -0.2) is 25.7 Å². The molecule has 0 saturated carbocycles. The van der Waals surface area contributed by atoms with Crippen LogP contribution >= 0.6 is 0 Å². The zero-order chi connectivity index (χ0) is 15.2. The van der Waals surface area contributed by atoms with Gasteiger partial charge in [-0.15, -0.1) is 0 Å². The number of carbonyl (C=O) groups is 1. The minimum Gasteiger partial charge on any atom is -0.496 e. The number of nitrogens with one attached hydrogen (secondary N) is 1. The minimum atomic E-state index is -0.328. The van der Waals surface area contributed by atoms with Crippen LogP contribution in [0.1, 0.15) is 19.4 Å². The molecule has 0 saturated heterocycles. The van der Waals surface area contributed by atoms with E-state index >= 15 is 0 Å². The number of methoxy groups -OCH3 is 1.